The number of benzene rings is 2. The molecule has 0 spiro atoms. The summed E-state index contributed by atoms with van der Waals surface area (Å²) in [6.45, 7) is 2.57. The molecule has 2 heterocycles. The van der Waals surface area contributed by atoms with Crippen molar-refractivity contribution < 1.29 is 18.0 Å². The third-order valence-electron chi connectivity index (χ3n) is 5.08. The summed E-state index contributed by atoms with van der Waals surface area (Å²) in [5.74, 6) is -0.502. The van der Waals surface area contributed by atoms with E-state index in [2.05, 4.69) is 5.32 Å². The molecule has 0 aliphatic carbocycles. The van der Waals surface area contributed by atoms with Gasteiger partial charge in [-0.3, -0.25) is 4.79 Å². The summed E-state index contributed by atoms with van der Waals surface area (Å²) in [7, 11) is 0. The minimum atomic E-state index is -4.40. The Morgan fingerprint density at radius 2 is 1.85 bits per heavy atom. The van der Waals surface area contributed by atoms with Gasteiger partial charge in [0.1, 0.15) is 0 Å². The topological polar surface area (TPSA) is 55.4 Å². The van der Waals surface area contributed by atoms with Gasteiger partial charge in [0.05, 0.1) is 12.0 Å². The smallest absolute Gasteiger partial charge is 0.416 e. The van der Waals surface area contributed by atoms with Crippen LogP contribution in [0.5, 0.6) is 0 Å². The van der Waals surface area contributed by atoms with Crippen LogP contribution in [0.2, 0.25) is 0 Å². The molecular weight excluding hydrogens is 345 g/mol. The second kappa shape index (κ2) is 5.82. The molecule has 2 aromatic carbocycles. The van der Waals surface area contributed by atoms with Crippen LogP contribution in [0.25, 0.3) is 11.1 Å². The van der Waals surface area contributed by atoms with Crippen LogP contribution < -0.4 is 10.4 Å². The van der Waals surface area contributed by atoms with Crippen molar-refractivity contribution in [2.24, 2.45) is 0 Å². The maximum atomic E-state index is 12.8. The number of carbonyl (C=O) groups is 1. The van der Waals surface area contributed by atoms with Gasteiger partial charge in [-0.25, -0.2) is 0 Å². The van der Waals surface area contributed by atoms with Gasteiger partial charge in [0.15, 0.2) is 0 Å². The van der Waals surface area contributed by atoms with E-state index < -0.39 is 17.6 Å². The van der Waals surface area contributed by atoms with Crippen molar-refractivity contribution in [3.8, 4) is 11.1 Å². The highest BCUT2D eigenvalue weighted by atomic mass is 19.4. The first-order chi connectivity index (χ1) is 12.3. The molecule has 0 aromatic heterocycles. The van der Waals surface area contributed by atoms with E-state index in [1.165, 1.54) is 12.1 Å². The van der Waals surface area contributed by atoms with Gasteiger partial charge in [-0.15, -0.1) is 0 Å². The molecule has 0 saturated carbocycles. The summed E-state index contributed by atoms with van der Waals surface area (Å²) in [5, 5.41) is 15.9. The Hall–Kier alpha value is -2.38. The Kier molecular flexibility index (Phi) is 3.82. The summed E-state index contributed by atoms with van der Waals surface area (Å²) in [4.78, 5) is 11.9. The molecule has 2 aliphatic heterocycles. The lowest BCUT2D eigenvalue weighted by atomic mass is 9.85. The van der Waals surface area contributed by atoms with E-state index in [9.17, 15) is 23.2 Å². The molecule has 26 heavy (non-hydrogen) atoms. The number of amides is 1. The lowest BCUT2D eigenvalue weighted by Gasteiger charge is -2.30. The minimum Gasteiger partial charge on any atom is -0.752 e. The van der Waals surface area contributed by atoms with E-state index in [1.807, 2.05) is 6.92 Å². The molecule has 2 aromatic rings. The van der Waals surface area contributed by atoms with Crippen molar-refractivity contribution in [1.29, 1.82) is 0 Å². The summed E-state index contributed by atoms with van der Waals surface area (Å²) in [6.07, 6.45) is -3.64. The zero-order valence-corrected chi connectivity index (χ0v) is 14.0. The number of fused-ring (bicyclic) bond motifs is 3. The van der Waals surface area contributed by atoms with Gasteiger partial charge in [0.2, 0.25) is 5.91 Å². The first kappa shape index (κ1) is 17.1. The molecule has 4 rings (SSSR count). The second-order valence-corrected chi connectivity index (χ2v) is 6.80. The van der Waals surface area contributed by atoms with E-state index in [4.69, 9.17) is 0 Å². The van der Waals surface area contributed by atoms with E-state index >= 15 is 0 Å². The fraction of sp³-hybridized carbons (Fsp3) is 0.316. The summed E-state index contributed by atoms with van der Waals surface area (Å²) in [6, 6.07) is 6.72. The van der Waals surface area contributed by atoms with Gasteiger partial charge in [0, 0.05) is 18.3 Å². The van der Waals surface area contributed by atoms with Crippen LogP contribution in [-0.4, -0.2) is 11.9 Å². The van der Waals surface area contributed by atoms with Crippen LogP contribution in [0, 0.1) is 5.21 Å². The molecule has 0 saturated heterocycles. The van der Waals surface area contributed by atoms with Crippen LogP contribution in [0.3, 0.4) is 0 Å². The van der Waals surface area contributed by atoms with Gasteiger partial charge >= 0.3 is 6.18 Å². The zero-order valence-electron chi connectivity index (χ0n) is 14.0. The normalized spacial score (nSPS) is 19.5. The van der Waals surface area contributed by atoms with Crippen molar-refractivity contribution in [2.45, 2.75) is 38.5 Å². The van der Waals surface area contributed by atoms with E-state index in [1.54, 1.807) is 6.07 Å². The number of hydrogen-bond donors (Lipinski definition) is 1. The fourth-order valence-corrected chi connectivity index (χ4v) is 3.75. The molecule has 1 atom stereocenters. The average molecular weight is 361 g/mol. The number of alkyl halides is 3. The maximum Gasteiger partial charge on any atom is 0.416 e. The molecular formula is C19H16F3N2O2-. The van der Waals surface area contributed by atoms with E-state index in [-0.39, 0.29) is 12.5 Å². The molecule has 1 unspecified atom stereocenters. The van der Waals surface area contributed by atoms with Crippen LogP contribution in [0.15, 0.2) is 30.3 Å². The molecule has 2 aliphatic rings. The predicted molar refractivity (Wildman–Crippen MR) is 91.4 cm³/mol. The third kappa shape index (κ3) is 2.68. The van der Waals surface area contributed by atoms with Crippen LogP contribution in [0.1, 0.15) is 29.2 Å². The highest BCUT2D eigenvalue weighted by Crippen LogP contribution is 2.41. The second-order valence-electron chi connectivity index (χ2n) is 6.80. The number of carbonyl (C=O) groups excluding carboxylic acids is 1. The molecule has 0 bridgehead atoms. The third-order valence-corrected chi connectivity index (χ3v) is 5.08. The number of hydrogen-bond acceptors (Lipinski definition) is 3. The van der Waals surface area contributed by atoms with Crippen LogP contribution in [-0.2, 0) is 30.4 Å². The number of nitrogens with zero attached hydrogens (tertiary/aromatic N) is 1. The van der Waals surface area contributed by atoms with Crippen molar-refractivity contribution in [3.63, 3.8) is 0 Å². The first-order valence-electron chi connectivity index (χ1n) is 8.34. The average Bonchev–Trinajstić information content (AvgIpc) is 2.88. The Bertz CT molecular complexity index is 891. The van der Waals surface area contributed by atoms with E-state index in [0.29, 0.717) is 34.8 Å². The highest BCUT2D eigenvalue weighted by molar-refractivity contribution is 6.03. The van der Waals surface area contributed by atoms with Gasteiger partial charge < -0.3 is 15.6 Å². The summed E-state index contributed by atoms with van der Waals surface area (Å²) < 4.78 is 38.5. The monoisotopic (exact) mass is 361 g/mol. The quantitative estimate of drug-likeness (QED) is 0.841. The Morgan fingerprint density at radius 3 is 2.50 bits per heavy atom. The van der Waals surface area contributed by atoms with Gasteiger partial charge in [-0.2, -0.15) is 13.2 Å². The van der Waals surface area contributed by atoms with E-state index in [0.717, 1.165) is 28.8 Å². The lowest BCUT2D eigenvalue weighted by molar-refractivity contribution is -0.137. The summed E-state index contributed by atoms with van der Waals surface area (Å²) >= 11 is 0. The summed E-state index contributed by atoms with van der Waals surface area (Å²) in [5.41, 5.74) is 3.56. The number of rotatable bonds is 1. The predicted octanol–water partition coefficient (Wildman–Crippen LogP) is 3.79. The number of anilines is 1. The van der Waals surface area contributed by atoms with Gasteiger partial charge in [-0.05, 0) is 59.4 Å². The van der Waals surface area contributed by atoms with Gasteiger partial charge in [-0.1, -0.05) is 12.1 Å². The Morgan fingerprint density at radius 1 is 1.15 bits per heavy atom. The molecule has 4 nitrogen and oxygen atoms in total. The highest BCUT2D eigenvalue weighted by Gasteiger charge is 2.32. The Labute approximate surface area is 148 Å². The molecule has 7 heteroatoms. The van der Waals surface area contributed by atoms with Crippen LogP contribution in [0.4, 0.5) is 18.9 Å². The lowest BCUT2D eigenvalue weighted by Crippen LogP contribution is -2.33. The molecule has 0 fully saturated rings. The van der Waals surface area contributed by atoms with Crippen LogP contribution >= 0.6 is 0 Å². The number of hydroxylamine groups is 1. The van der Waals surface area contributed by atoms with Crippen molar-refractivity contribution >= 4 is 11.6 Å². The van der Waals surface area contributed by atoms with Crippen molar-refractivity contribution in [1.82, 2.24) is 5.32 Å². The standard InChI is InChI=1S/C19H16F3N2O2/c1-10-6-14-15-8-18(25)24(26)17(15)7-13(16(14)9-23-10)11-2-4-12(5-3-11)19(20,21)22/h2-5,7,10,23H,6,8-9H2,1H3/q-1. The zero-order chi connectivity index (χ0) is 18.6. The fourth-order valence-electron chi connectivity index (χ4n) is 3.75. The molecule has 1 amide bonds. The molecule has 0 radical (unpaired) electrons. The number of halogens is 3. The SMILES string of the molecule is CC1Cc2c(c(-c3ccc(C(F)(F)F)cc3)cc3c2CC(=O)N3[O-])CN1. The maximum absolute atomic E-state index is 12.8. The Balaban J connectivity index is 1.87. The largest absolute Gasteiger partial charge is 0.752 e. The molecule has 1 N–H and O–H groups in total. The van der Waals surface area contributed by atoms with Crippen molar-refractivity contribution in [3.05, 3.63) is 57.8 Å². The van der Waals surface area contributed by atoms with Crippen molar-refractivity contribution in [2.75, 3.05) is 5.06 Å². The van der Waals surface area contributed by atoms with Gasteiger partial charge in [0.25, 0.3) is 0 Å². The number of nitrogens with one attached hydrogen (secondary N) is 1. The minimum absolute atomic E-state index is 0.0845. The molecule has 136 valence electrons. The first-order valence-corrected chi connectivity index (χ1v) is 8.34.